The van der Waals surface area contributed by atoms with Gasteiger partial charge in [0.25, 0.3) is 11.6 Å². The predicted octanol–water partition coefficient (Wildman–Crippen LogP) is 4.33. The van der Waals surface area contributed by atoms with Crippen molar-refractivity contribution in [2.24, 2.45) is 0 Å². The van der Waals surface area contributed by atoms with Crippen LogP contribution in [0.1, 0.15) is 20.9 Å². The number of nitrogens with zero attached hydrogens (tertiary/aromatic N) is 2. The summed E-state index contributed by atoms with van der Waals surface area (Å²) in [5.74, 6) is -1.05. The molecule has 0 radical (unpaired) electrons. The third kappa shape index (κ3) is 4.25. The summed E-state index contributed by atoms with van der Waals surface area (Å²) in [5, 5.41) is 13.5. The summed E-state index contributed by atoms with van der Waals surface area (Å²) >= 11 is 0.646. The number of nitro groups is 1. The van der Waals surface area contributed by atoms with Gasteiger partial charge in [0.15, 0.2) is 5.01 Å². The Bertz CT molecular complexity index is 1050. The number of non-ortho nitro benzene ring substituents is 1. The van der Waals surface area contributed by atoms with Crippen LogP contribution in [0.25, 0.3) is 10.2 Å². The molecule has 2 aromatic carbocycles. The van der Waals surface area contributed by atoms with E-state index in [-0.39, 0.29) is 27.6 Å². The number of nitrogens with one attached hydrogen (secondary N) is 1. The van der Waals surface area contributed by atoms with E-state index in [9.17, 15) is 32.5 Å². The van der Waals surface area contributed by atoms with Crippen LogP contribution in [-0.4, -0.2) is 22.4 Å². The molecule has 0 saturated carbocycles. The molecule has 146 valence electrons. The lowest BCUT2D eigenvalue weighted by Crippen LogP contribution is -2.25. The van der Waals surface area contributed by atoms with Crippen LogP contribution in [0.4, 0.5) is 23.2 Å². The number of fused-ring (bicyclic) bond motifs is 1. The van der Waals surface area contributed by atoms with E-state index in [4.69, 9.17) is 0 Å². The molecule has 11 heteroatoms. The highest BCUT2D eigenvalue weighted by Crippen LogP contribution is 2.38. The van der Waals surface area contributed by atoms with Crippen molar-refractivity contribution in [1.82, 2.24) is 10.3 Å². The van der Waals surface area contributed by atoms with Gasteiger partial charge in [0.2, 0.25) is 0 Å². The first-order valence-corrected chi connectivity index (χ1v) is 8.65. The quantitative estimate of drug-likeness (QED) is 0.383. The number of benzene rings is 2. The van der Waals surface area contributed by atoms with Crippen molar-refractivity contribution < 1.29 is 27.3 Å². The van der Waals surface area contributed by atoms with Gasteiger partial charge in [-0.1, -0.05) is 12.1 Å². The molecule has 0 aliphatic carbocycles. The number of carbonyl (C=O) groups excluding carboxylic acids is 1. The topological polar surface area (TPSA) is 85.1 Å². The van der Waals surface area contributed by atoms with Crippen LogP contribution < -0.4 is 5.32 Å². The number of alkyl halides is 3. The lowest BCUT2D eigenvalue weighted by Gasteiger charge is -2.05. The molecular formula is C17H11F4N3O3S. The Morgan fingerprint density at radius 3 is 2.50 bits per heavy atom. The Balaban J connectivity index is 1.80. The number of halogens is 4. The van der Waals surface area contributed by atoms with E-state index < -0.39 is 28.3 Å². The molecule has 0 atom stereocenters. The summed E-state index contributed by atoms with van der Waals surface area (Å²) in [6.07, 6.45) is -4.38. The molecule has 28 heavy (non-hydrogen) atoms. The van der Waals surface area contributed by atoms with Crippen molar-refractivity contribution >= 4 is 33.1 Å². The summed E-state index contributed by atoms with van der Waals surface area (Å²) in [5.41, 5.74) is -1.46. The van der Waals surface area contributed by atoms with Crippen molar-refractivity contribution in [2.75, 3.05) is 6.54 Å². The monoisotopic (exact) mass is 413 g/mol. The van der Waals surface area contributed by atoms with Crippen LogP contribution >= 0.6 is 11.3 Å². The molecule has 1 amide bonds. The Labute approximate surface area is 159 Å². The van der Waals surface area contributed by atoms with Gasteiger partial charge in [0.1, 0.15) is 10.5 Å². The first-order valence-electron chi connectivity index (χ1n) is 7.84. The summed E-state index contributed by atoms with van der Waals surface area (Å²) in [6, 6.07) is 6.78. The molecule has 0 saturated heterocycles. The Morgan fingerprint density at radius 2 is 1.89 bits per heavy atom. The number of rotatable bonds is 5. The average Bonchev–Trinajstić information content (AvgIpc) is 3.05. The van der Waals surface area contributed by atoms with Gasteiger partial charge in [-0.3, -0.25) is 14.9 Å². The van der Waals surface area contributed by atoms with Crippen LogP contribution in [-0.2, 0) is 12.6 Å². The maximum Gasteiger partial charge on any atom is 0.416 e. The molecular weight excluding hydrogens is 402 g/mol. The lowest BCUT2D eigenvalue weighted by atomic mass is 10.1. The van der Waals surface area contributed by atoms with E-state index in [2.05, 4.69) is 10.3 Å². The number of thiazole rings is 1. The second-order valence-corrected chi connectivity index (χ2v) is 6.75. The minimum atomic E-state index is -4.78. The van der Waals surface area contributed by atoms with Gasteiger partial charge >= 0.3 is 6.18 Å². The smallest absolute Gasteiger partial charge is 0.350 e. The molecule has 0 aliphatic heterocycles. The van der Waals surface area contributed by atoms with Gasteiger partial charge in [-0.05, 0) is 30.2 Å². The normalized spacial score (nSPS) is 11.6. The standard InChI is InChI=1S/C17H11F4N3O3S/c18-11-3-1-9(2-4-11)5-6-22-15(25)16-23-12-7-10(17(19,20)21)8-13(24(26)27)14(12)28-16/h1-4,7-8H,5-6H2,(H,22,25). The van der Waals surface area contributed by atoms with E-state index in [1.165, 1.54) is 12.1 Å². The van der Waals surface area contributed by atoms with Crippen LogP contribution in [0.5, 0.6) is 0 Å². The molecule has 0 bridgehead atoms. The van der Waals surface area contributed by atoms with Crippen LogP contribution in [0, 0.1) is 15.9 Å². The molecule has 1 N–H and O–H groups in total. The summed E-state index contributed by atoms with van der Waals surface area (Å²) in [7, 11) is 0. The number of hydrogen-bond donors (Lipinski definition) is 1. The van der Waals surface area contributed by atoms with Crippen molar-refractivity contribution in [3.05, 3.63) is 68.5 Å². The largest absolute Gasteiger partial charge is 0.416 e. The van der Waals surface area contributed by atoms with Crippen molar-refractivity contribution in [1.29, 1.82) is 0 Å². The number of aromatic nitrogens is 1. The summed E-state index contributed by atoms with van der Waals surface area (Å²) in [4.78, 5) is 26.2. The molecule has 1 aromatic heterocycles. The SMILES string of the molecule is O=C(NCCc1ccc(F)cc1)c1nc2cc(C(F)(F)F)cc([N+](=O)[O-])c2s1. The van der Waals surface area contributed by atoms with E-state index in [0.29, 0.717) is 29.9 Å². The average molecular weight is 413 g/mol. The fourth-order valence-corrected chi connectivity index (χ4v) is 3.41. The van der Waals surface area contributed by atoms with Gasteiger partial charge < -0.3 is 5.32 Å². The van der Waals surface area contributed by atoms with Crippen LogP contribution in [0.3, 0.4) is 0 Å². The zero-order chi connectivity index (χ0) is 20.5. The fraction of sp³-hybridized carbons (Fsp3) is 0.176. The van der Waals surface area contributed by atoms with Gasteiger partial charge in [-0.2, -0.15) is 13.2 Å². The maximum atomic E-state index is 12.9. The number of carbonyl (C=O) groups is 1. The van der Waals surface area contributed by atoms with Gasteiger partial charge in [-0.25, -0.2) is 9.37 Å². The zero-order valence-electron chi connectivity index (χ0n) is 13.9. The summed E-state index contributed by atoms with van der Waals surface area (Å²) in [6.45, 7) is 0.177. The predicted molar refractivity (Wildman–Crippen MR) is 93.7 cm³/mol. The molecule has 0 unspecified atom stereocenters. The van der Waals surface area contributed by atoms with Gasteiger partial charge in [0.05, 0.1) is 16.0 Å². The van der Waals surface area contributed by atoms with E-state index in [1.54, 1.807) is 12.1 Å². The molecule has 3 aromatic rings. The molecule has 1 heterocycles. The third-order valence-electron chi connectivity index (χ3n) is 3.80. The summed E-state index contributed by atoms with van der Waals surface area (Å²) < 4.78 is 51.5. The van der Waals surface area contributed by atoms with E-state index >= 15 is 0 Å². The van der Waals surface area contributed by atoms with Gasteiger partial charge in [0, 0.05) is 12.6 Å². The molecule has 0 spiro atoms. The van der Waals surface area contributed by atoms with Gasteiger partial charge in [-0.15, -0.1) is 11.3 Å². The highest BCUT2D eigenvalue weighted by molar-refractivity contribution is 7.20. The minimum Gasteiger partial charge on any atom is -0.350 e. The van der Waals surface area contributed by atoms with Crippen LogP contribution in [0.2, 0.25) is 0 Å². The Hall–Kier alpha value is -3.08. The first kappa shape index (κ1) is 19.7. The molecule has 0 aliphatic rings. The minimum absolute atomic E-state index is 0.110. The number of amides is 1. The third-order valence-corrected chi connectivity index (χ3v) is 4.89. The van der Waals surface area contributed by atoms with E-state index in [1.807, 2.05) is 0 Å². The fourth-order valence-electron chi connectivity index (χ4n) is 2.46. The van der Waals surface area contributed by atoms with Crippen molar-refractivity contribution in [2.45, 2.75) is 12.6 Å². The second-order valence-electron chi connectivity index (χ2n) is 5.75. The number of nitro benzene ring substituents is 1. The second kappa shape index (κ2) is 7.50. The first-order chi connectivity index (χ1) is 13.1. The molecule has 0 fully saturated rings. The Morgan fingerprint density at radius 1 is 1.21 bits per heavy atom. The maximum absolute atomic E-state index is 12.9. The Kier molecular flexibility index (Phi) is 5.27. The highest BCUT2D eigenvalue weighted by Gasteiger charge is 2.34. The zero-order valence-corrected chi connectivity index (χ0v) is 14.7. The number of hydrogen-bond acceptors (Lipinski definition) is 5. The lowest BCUT2D eigenvalue weighted by molar-refractivity contribution is -0.383. The highest BCUT2D eigenvalue weighted by atomic mass is 32.1. The van der Waals surface area contributed by atoms with Crippen LogP contribution in [0.15, 0.2) is 36.4 Å². The molecule has 3 rings (SSSR count). The van der Waals surface area contributed by atoms with Crippen molar-refractivity contribution in [3.63, 3.8) is 0 Å². The molecule has 6 nitrogen and oxygen atoms in total. The van der Waals surface area contributed by atoms with Crippen molar-refractivity contribution in [3.8, 4) is 0 Å². The van der Waals surface area contributed by atoms with E-state index in [0.717, 1.165) is 5.56 Å².